The number of hydrogen-bond acceptors (Lipinski definition) is 6. The van der Waals surface area contributed by atoms with E-state index in [9.17, 15) is 9.59 Å². The summed E-state index contributed by atoms with van der Waals surface area (Å²) in [6.07, 6.45) is 0. The third-order valence-electron chi connectivity index (χ3n) is 4.43. The fraction of sp³-hybridized carbons (Fsp3) is 0.286. The predicted octanol–water partition coefficient (Wildman–Crippen LogP) is 3.17. The lowest BCUT2D eigenvalue weighted by molar-refractivity contribution is -0.122. The summed E-state index contributed by atoms with van der Waals surface area (Å²) < 4.78 is 11.8. The fourth-order valence-electron chi connectivity index (χ4n) is 2.94. The number of aromatic nitrogens is 2. The average molecular weight is 413 g/mol. The Morgan fingerprint density at radius 2 is 1.97 bits per heavy atom. The number of aryl methyl sites for hydroxylation is 1. The maximum absolute atomic E-state index is 12.6. The highest BCUT2D eigenvalue weighted by molar-refractivity contribution is 7.15. The van der Waals surface area contributed by atoms with Gasteiger partial charge in [-0.3, -0.25) is 9.59 Å². The van der Waals surface area contributed by atoms with Crippen LogP contribution in [0, 0.1) is 6.92 Å². The number of ether oxygens (including phenoxy) is 2. The molecule has 0 aliphatic heterocycles. The van der Waals surface area contributed by atoms with Crippen molar-refractivity contribution in [2.45, 2.75) is 26.4 Å². The quantitative estimate of drug-likeness (QED) is 0.643. The van der Waals surface area contributed by atoms with Crippen LogP contribution < -0.4 is 20.3 Å². The lowest BCUT2D eigenvalue weighted by atomic mass is 10.1. The normalized spacial score (nSPS) is 11.7. The van der Waals surface area contributed by atoms with E-state index in [0.717, 1.165) is 15.3 Å². The summed E-state index contributed by atoms with van der Waals surface area (Å²) in [5.41, 5.74) is 1.12. The molecule has 1 atom stereocenters. The molecule has 0 radical (unpaired) electrons. The number of carbonyl (C=O) groups is 1. The number of carbonyl (C=O) groups excluding carboxylic acids is 1. The highest BCUT2D eigenvalue weighted by Gasteiger charge is 2.16. The van der Waals surface area contributed by atoms with Crippen molar-refractivity contribution in [2.24, 2.45) is 0 Å². The van der Waals surface area contributed by atoms with Gasteiger partial charge in [-0.25, -0.2) is 4.68 Å². The molecule has 8 heteroatoms. The first-order valence-corrected chi connectivity index (χ1v) is 9.89. The topological polar surface area (TPSA) is 82.4 Å². The largest absolute Gasteiger partial charge is 0.497 e. The molecule has 1 N–H and O–H groups in total. The van der Waals surface area contributed by atoms with E-state index in [2.05, 4.69) is 10.4 Å². The summed E-state index contributed by atoms with van der Waals surface area (Å²) in [5, 5.41) is 7.24. The van der Waals surface area contributed by atoms with E-state index in [-0.39, 0.29) is 24.1 Å². The Balaban J connectivity index is 1.76. The van der Waals surface area contributed by atoms with Crippen molar-refractivity contribution >= 4 is 17.2 Å². The molecule has 0 aliphatic rings. The number of rotatable bonds is 7. The van der Waals surface area contributed by atoms with Crippen LogP contribution in [0.5, 0.6) is 11.5 Å². The molecule has 152 valence electrons. The lowest BCUT2D eigenvalue weighted by Crippen LogP contribution is -2.35. The second-order valence-electron chi connectivity index (χ2n) is 6.52. The number of amides is 1. The van der Waals surface area contributed by atoms with Crippen LogP contribution in [0.25, 0.3) is 10.6 Å². The lowest BCUT2D eigenvalue weighted by Gasteiger charge is -2.18. The molecule has 3 rings (SSSR count). The molecule has 3 aromatic rings. The second kappa shape index (κ2) is 8.91. The third kappa shape index (κ3) is 4.83. The zero-order valence-electron chi connectivity index (χ0n) is 16.8. The molecule has 2 aromatic heterocycles. The summed E-state index contributed by atoms with van der Waals surface area (Å²) in [5.74, 6) is 0.985. The second-order valence-corrected chi connectivity index (χ2v) is 7.81. The molecule has 0 fully saturated rings. The minimum absolute atomic E-state index is 0.173. The number of benzene rings is 1. The van der Waals surface area contributed by atoms with E-state index < -0.39 is 0 Å². The van der Waals surface area contributed by atoms with Gasteiger partial charge in [-0.05, 0) is 50.2 Å². The van der Waals surface area contributed by atoms with Gasteiger partial charge in [0.25, 0.3) is 5.56 Å². The molecule has 0 bridgehead atoms. The van der Waals surface area contributed by atoms with Crippen LogP contribution in [0.15, 0.2) is 47.3 Å². The average Bonchev–Trinajstić information content (AvgIpc) is 3.15. The van der Waals surface area contributed by atoms with Gasteiger partial charge in [0, 0.05) is 16.5 Å². The van der Waals surface area contributed by atoms with Gasteiger partial charge in [-0.1, -0.05) is 0 Å². The summed E-state index contributed by atoms with van der Waals surface area (Å²) in [6.45, 7) is 3.68. The highest BCUT2D eigenvalue weighted by atomic mass is 32.1. The number of thiophene rings is 1. The zero-order chi connectivity index (χ0) is 21.0. The molecule has 0 saturated heterocycles. The molecular formula is C21H23N3O4S. The molecule has 1 aromatic carbocycles. The van der Waals surface area contributed by atoms with Gasteiger partial charge < -0.3 is 14.8 Å². The first-order valence-electron chi connectivity index (χ1n) is 9.07. The van der Waals surface area contributed by atoms with E-state index >= 15 is 0 Å². The monoisotopic (exact) mass is 413 g/mol. The Bertz CT molecular complexity index is 1070. The standard InChI is InChI=1S/C21H23N3O4S/c1-13-5-9-19(29-13)17-7-10-21(26)24(23-17)12-20(25)22-14(2)16-11-15(27-3)6-8-18(16)28-4/h5-11,14H,12H2,1-4H3,(H,22,25). The van der Waals surface area contributed by atoms with Crippen LogP contribution in [0.2, 0.25) is 0 Å². The van der Waals surface area contributed by atoms with E-state index in [4.69, 9.17) is 9.47 Å². The van der Waals surface area contributed by atoms with Gasteiger partial charge in [0.05, 0.1) is 25.1 Å². The molecule has 1 unspecified atom stereocenters. The summed E-state index contributed by atoms with van der Waals surface area (Å²) in [7, 11) is 3.15. The Morgan fingerprint density at radius 3 is 2.62 bits per heavy atom. The van der Waals surface area contributed by atoms with E-state index in [1.807, 2.05) is 32.0 Å². The maximum Gasteiger partial charge on any atom is 0.267 e. The minimum atomic E-state index is -0.341. The zero-order valence-corrected chi connectivity index (χ0v) is 17.6. The van der Waals surface area contributed by atoms with Crippen molar-refractivity contribution < 1.29 is 14.3 Å². The van der Waals surface area contributed by atoms with Crippen molar-refractivity contribution in [3.63, 3.8) is 0 Å². The van der Waals surface area contributed by atoms with Gasteiger partial charge in [0.2, 0.25) is 5.91 Å². The van der Waals surface area contributed by atoms with E-state index in [0.29, 0.717) is 17.2 Å². The summed E-state index contributed by atoms with van der Waals surface area (Å²) in [4.78, 5) is 26.8. The fourth-order valence-corrected chi connectivity index (χ4v) is 3.78. The Morgan fingerprint density at radius 1 is 1.17 bits per heavy atom. The molecule has 0 spiro atoms. The van der Waals surface area contributed by atoms with E-state index in [1.165, 1.54) is 10.7 Å². The van der Waals surface area contributed by atoms with Crippen LogP contribution in [0.4, 0.5) is 0 Å². The molecule has 0 saturated carbocycles. The van der Waals surface area contributed by atoms with E-state index in [1.54, 1.807) is 43.8 Å². The van der Waals surface area contributed by atoms with Gasteiger partial charge in [0.1, 0.15) is 23.7 Å². The number of methoxy groups -OCH3 is 2. The van der Waals surface area contributed by atoms with Crippen LogP contribution in [-0.4, -0.2) is 29.9 Å². The SMILES string of the molecule is COc1ccc(OC)c(C(C)NC(=O)Cn2nc(-c3ccc(C)s3)ccc2=O)c1. The van der Waals surface area contributed by atoms with Gasteiger partial charge in [-0.15, -0.1) is 11.3 Å². The van der Waals surface area contributed by atoms with Gasteiger partial charge >= 0.3 is 0 Å². The molecule has 7 nitrogen and oxygen atoms in total. The van der Waals surface area contributed by atoms with Crippen molar-refractivity contribution in [2.75, 3.05) is 14.2 Å². The Kier molecular flexibility index (Phi) is 6.33. The number of hydrogen-bond donors (Lipinski definition) is 1. The summed E-state index contributed by atoms with van der Waals surface area (Å²) in [6, 6.07) is 12.1. The van der Waals surface area contributed by atoms with Crippen LogP contribution in [-0.2, 0) is 11.3 Å². The maximum atomic E-state index is 12.6. The first kappa shape index (κ1) is 20.6. The molecule has 0 aliphatic carbocycles. The predicted molar refractivity (Wildman–Crippen MR) is 113 cm³/mol. The number of nitrogens with one attached hydrogen (secondary N) is 1. The highest BCUT2D eigenvalue weighted by Crippen LogP contribution is 2.29. The minimum Gasteiger partial charge on any atom is -0.497 e. The van der Waals surface area contributed by atoms with Gasteiger partial charge in [0.15, 0.2) is 0 Å². The summed E-state index contributed by atoms with van der Waals surface area (Å²) >= 11 is 1.59. The van der Waals surface area contributed by atoms with Crippen LogP contribution >= 0.6 is 11.3 Å². The molecule has 1 amide bonds. The molecule has 29 heavy (non-hydrogen) atoms. The third-order valence-corrected chi connectivity index (χ3v) is 5.46. The van der Waals surface area contributed by atoms with Crippen molar-refractivity contribution in [1.82, 2.24) is 15.1 Å². The van der Waals surface area contributed by atoms with Gasteiger partial charge in [-0.2, -0.15) is 5.10 Å². The first-order chi connectivity index (χ1) is 13.9. The Hall–Kier alpha value is -3.13. The molecule has 2 heterocycles. The van der Waals surface area contributed by atoms with Crippen molar-refractivity contribution in [1.29, 1.82) is 0 Å². The molecular weight excluding hydrogens is 390 g/mol. The van der Waals surface area contributed by atoms with Crippen LogP contribution in [0.1, 0.15) is 23.4 Å². The van der Waals surface area contributed by atoms with Crippen molar-refractivity contribution in [3.8, 4) is 22.1 Å². The van der Waals surface area contributed by atoms with Crippen LogP contribution in [0.3, 0.4) is 0 Å². The Labute approximate surface area is 172 Å². The smallest absolute Gasteiger partial charge is 0.267 e. The van der Waals surface area contributed by atoms with Crippen molar-refractivity contribution in [3.05, 3.63) is 63.3 Å². The number of nitrogens with zero attached hydrogens (tertiary/aromatic N) is 2.